The van der Waals surface area contributed by atoms with Gasteiger partial charge in [-0.15, -0.1) is 16.4 Å². The van der Waals surface area contributed by atoms with Crippen molar-refractivity contribution in [2.45, 2.75) is 13.5 Å². The standard InChI is InChI=1S/C12H12ClN3O2S/c1-3-6-18-12(17)11-8(2)16(15-14-11)7-9-4-5-10(13)19-9/h3-5H,1,6-7H2,2H3. The Balaban J connectivity index is 2.13. The molecule has 0 unspecified atom stereocenters. The molecule has 0 spiro atoms. The van der Waals surface area contributed by atoms with Gasteiger partial charge in [-0.3, -0.25) is 0 Å². The monoisotopic (exact) mass is 297 g/mol. The van der Waals surface area contributed by atoms with Crippen molar-refractivity contribution in [2.24, 2.45) is 0 Å². The molecule has 0 aromatic carbocycles. The topological polar surface area (TPSA) is 57.0 Å². The summed E-state index contributed by atoms with van der Waals surface area (Å²) in [4.78, 5) is 12.7. The van der Waals surface area contributed by atoms with E-state index in [0.717, 1.165) is 9.21 Å². The molecule has 2 aromatic rings. The molecule has 0 aliphatic rings. The molecule has 0 atom stereocenters. The molecule has 0 bridgehead atoms. The molecule has 0 amide bonds. The Morgan fingerprint density at radius 1 is 1.63 bits per heavy atom. The Labute approximate surface area is 119 Å². The molecular formula is C12H12ClN3O2S. The normalized spacial score (nSPS) is 10.4. The Morgan fingerprint density at radius 2 is 2.42 bits per heavy atom. The first-order valence-electron chi connectivity index (χ1n) is 5.54. The van der Waals surface area contributed by atoms with E-state index >= 15 is 0 Å². The maximum absolute atomic E-state index is 11.7. The van der Waals surface area contributed by atoms with E-state index in [-0.39, 0.29) is 12.3 Å². The van der Waals surface area contributed by atoms with Gasteiger partial charge in [0.25, 0.3) is 0 Å². The maximum atomic E-state index is 11.7. The number of nitrogens with zero attached hydrogens (tertiary/aromatic N) is 3. The first-order valence-corrected chi connectivity index (χ1v) is 6.73. The van der Waals surface area contributed by atoms with Gasteiger partial charge < -0.3 is 4.74 Å². The summed E-state index contributed by atoms with van der Waals surface area (Å²) < 4.78 is 7.30. The predicted octanol–water partition coefficient (Wildman–Crippen LogP) is 2.69. The van der Waals surface area contributed by atoms with Crippen LogP contribution in [-0.4, -0.2) is 27.6 Å². The molecule has 2 heterocycles. The van der Waals surface area contributed by atoms with Crippen molar-refractivity contribution in [2.75, 3.05) is 6.61 Å². The minimum atomic E-state index is -0.493. The molecule has 0 radical (unpaired) electrons. The zero-order chi connectivity index (χ0) is 13.8. The van der Waals surface area contributed by atoms with E-state index in [2.05, 4.69) is 16.9 Å². The van der Waals surface area contributed by atoms with Gasteiger partial charge in [-0.2, -0.15) is 0 Å². The van der Waals surface area contributed by atoms with Crippen LogP contribution in [0.1, 0.15) is 21.1 Å². The van der Waals surface area contributed by atoms with Crippen molar-refractivity contribution in [3.8, 4) is 0 Å². The summed E-state index contributed by atoms with van der Waals surface area (Å²) in [6, 6.07) is 3.75. The van der Waals surface area contributed by atoms with Gasteiger partial charge in [-0.05, 0) is 19.1 Å². The summed E-state index contributed by atoms with van der Waals surface area (Å²) in [7, 11) is 0. The van der Waals surface area contributed by atoms with E-state index in [0.29, 0.717) is 12.2 Å². The lowest BCUT2D eigenvalue weighted by molar-refractivity contribution is 0.0542. The highest BCUT2D eigenvalue weighted by molar-refractivity contribution is 7.16. The van der Waals surface area contributed by atoms with Gasteiger partial charge in [0.1, 0.15) is 6.61 Å². The quantitative estimate of drug-likeness (QED) is 0.629. The molecule has 0 aliphatic heterocycles. The Kier molecular flexibility index (Phi) is 4.34. The summed E-state index contributed by atoms with van der Waals surface area (Å²) >= 11 is 7.34. The summed E-state index contributed by atoms with van der Waals surface area (Å²) in [6.45, 7) is 5.95. The number of esters is 1. The number of rotatable bonds is 5. The van der Waals surface area contributed by atoms with Gasteiger partial charge in [-0.25, -0.2) is 9.48 Å². The van der Waals surface area contributed by atoms with Crippen LogP contribution < -0.4 is 0 Å². The molecule has 0 aliphatic carbocycles. The fraction of sp³-hybridized carbons (Fsp3) is 0.250. The van der Waals surface area contributed by atoms with Crippen molar-refractivity contribution in [1.82, 2.24) is 15.0 Å². The van der Waals surface area contributed by atoms with E-state index in [1.165, 1.54) is 17.4 Å². The van der Waals surface area contributed by atoms with Crippen molar-refractivity contribution < 1.29 is 9.53 Å². The SMILES string of the molecule is C=CCOC(=O)c1nnn(Cc2ccc(Cl)s2)c1C. The first-order chi connectivity index (χ1) is 9.11. The van der Waals surface area contributed by atoms with Crippen molar-refractivity contribution >= 4 is 28.9 Å². The first kappa shape index (κ1) is 13.8. The van der Waals surface area contributed by atoms with Crippen LogP contribution in [0, 0.1) is 6.92 Å². The Hall–Kier alpha value is -1.66. The second-order valence-electron chi connectivity index (χ2n) is 3.77. The van der Waals surface area contributed by atoms with Gasteiger partial charge >= 0.3 is 5.97 Å². The van der Waals surface area contributed by atoms with Crippen LogP contribution in [0.2, 0.25) is 4.34 Å². The highest BCUT2D eigenvalue weighted by atomic mass is 35.5. The number of hydrogen-bond donors (Lipinski definition) is 0. The van der Waals surface area contributed by atoms with Crippen LogP contribution in [0.3, 0.4) is 0 Å². The molecule has 0 N–H and O–H groups in total. The number of aromatic nitrogens is 3. The Morgan fingerprint density at radius 3 is 3.05 bits per heavy atom. The number of hydrogen-bond acceptors (Lipinski definition) is 5. The van der Waals surface area contributed by atoms with E-state index in [4.69, 9.17) is 16.3 Å². The zero-order valence-electron chi connectivity index (χ0n) is 10.3. The summed E-state index contributed by atoms with van der Waals surface area (Å²) in [5.41, 5.74) is 0.892. The van der Waals surface area contributed by atoms with Crippen molar-refractivity contribution in [1.29, 1.82) is 0 Å². The lowest BCUT2D eigenvalue weighted by Crippen LogP contribution is -2.08. The molecule has 0 fully saturated rings. The van der Waals surface area contributed by atoms with Crippen LogP contribution >= 0.6 is 22.9 Å². The average molecular weight is 298 g/mol. The average Bonchev–Trinajstić information content (AvgIpc) is 2.95. The third-order valence-corrected chi connectivity index (χ3v) is 3.66. The number of carbonyl (C=O) groups is 1. The number of thiophene rings is 1. The third kappa shape index (κ3) is 3.21. The van der Waals surface area contributed by atoms with E-state index in [1.54, 1.807) is 11.6 Å². The van der Waals surface area contributed by atoms with E-state index in [1.807, 2.05) is 12.1 Å². The lowest BCUT2D eigenvalue weighted by Gasteiger charge is -2.02. The molecule has 100 valence electrons. The van der Waals surface area contributed by atoms with Gasteiger partial charge in [-0.1, -0.05) is 29.5 Å². The van der Waals surface area contributed by atoms with Crippen LogP contribution in [0.5, 0.6) is 0 Å². The minimum absolute atomic E-state index is 0.158. The smallest absolute Gasteiger partial charge is 0.361 e. The molecule has 0 saturated heterocycles. The van der Waals surface area contributed by atoms with Gasteiger partial charge in [0, 0.05) is 4.88 Å². The Bertz CT molecular complexity index is 606. The highest BCUT2D eigenvalue weighted by Gasteiger charge is 2.17. The van der Waals surface area contributed by atoms with Gasteiger partial charge in [0.2, 0.25) is 0 Å². The molecule has 2 aromatic heterocycles. The summed E-state index contributed by atoms with van der Waals surface area (Å²) in [5, 5.41) is 7.80. The van der Waals surface area contributed by atoms with Crippen LogP contribution in [-0.2, 0) is 11.3 Å². The molecule has 5 nitrogen and oxygen atoms in total. The summed E-state index contributed by atoms with van der Waals surface area (Å²) in [6.07, 6.45) is 1.51. The largest absolute Gasteiger partial charge is 0.457 e. The maximum Gasteiger partial charge on any atom is 0.361 e. The molecule has 0 saturated carbocycles. The van der Waals surface area contributed by atoms with Crippen molar-refractivity contribution in [3.05, 3.63) is 45.4 Å². The fourth-order valence-corrected chi connectivity index (χ4v) is 2.56. The van der Waals surface area contributed by atoms with Crippen LogP contribution in [0.4, 0.5) is 0 Å². The molecule has 7 heteroatoms. The summed E-state index contributed by atoms with van der Waals surface area (Å²) in [5.74, 6) is -0.493. The zero-order valence-corrected chi connectivity index (χ0v) is 11.9. The molecular weight excluding hydrogens is 286 g/mol. The minimum Gasteiger partial charge on any atom is -0.457 e. The fourth-order valence-electron chi connectivity index (χ4n) is 1.49. The van der Waals surface area contributed by atoms with Crippen molar-refractivity contribution in [3.63, 3.8) is 0 Å². The third-order valence-electron chi connectivity index (χ3n) is 2.44. The van der Waals surface area contributed by atoms with E-state index < -0.39 is 5.97 Å². The second kappa shape index (κ2) is 5.99. The van der Waals surface area contributed by atoms with Crippen LogP contribution in [0.25, 0.3) is 0 Å². The van der Waals surface area contributed by atoms with E-state index in [9.17, 15) is 4.79 Å². The number of halogens is 1. The van der Waals surface area contributed by atoms with Gasteiger partial charge in [0.15, 0.2) is 5.69 Å². The van der Waals surface area contributed by atoms with Gasteiger partial charge in [0.05, 0.1) is 16.6 Å². The molecule has 19 heavy (non-hydrogen) atoms. The highest BCUT2D eigenvalue weighted by Crippen LogP contribution is 2.22. The second-order valence-corrected chi connectivity index (χ2v) is 5.57. The molecule has 2 rings (SSSR count). The predicted molar refractivity (Wildman–Crippen MR) is 73.7 cm³/mol. The van der Waals surface area contributed by atoms with Crippen LogP contribution in [0.15, 0.2) is 24.8 Å². The lowest BCUT2D eigenvalue weighted by atomic mass is 10.3. The number of carbonyl (C=O) groups excluding carboxylic acids is 1. The number of ether oxygens (including phenoxy) is 1.